The van der Waals surface area contributed by atoms with Gasteiger partial charge in [0.15, 0.2) is 17.8 Å². The first kappa shape index (κ1) is 69.3. The van der Waals surface area contributed by atoms with Crippen LogP contribution in [0.3, 0.4) is 0 Å². The Morgan fingerprint density at radius 3 is 2.26 bits per heavy atom. The van der Waals surface area contributed by atoms with Crippen LogP contribution in [0.25, 0.3) is 44.5 Å². The zero-order valence-corrected chi connectivity index (χ0v) is 53.9. The number of aliphatic hydroxyl groups is 3. The van der Waals surface area contributed by atoms with Crippen LogP contribution in [0.1, 0.15) is 93.0 Å². The van der Waals surface area contributed by atoms with E-state index in [0.29, 0.717) is 63.3 Å². The summed E-state index contributed by atoms with van der Waals surface area (Å²) in [5.41, 5.74) is 16.0. The van der Waals surface area contributed by atoms with Gasteiger partial charge in [0.05, 0.1) is 40.4 Å². The molecule has 2 aliphatic rings. The van der Waals surface area contributed by atoms with E-state index < -0.39 is 90.7 Å². The highest BCUT2D eigenvalue weighted by molar-refractivity contribution is 6.13. The SMILES string of the molecule is CCc1nc(C)oc1C(=O)Nc1nc2cc(C(N)=O)cc(OCCCN(C)C(=O)OCc3ccc(O[C@@H]4O[C@H](C(=O)O)[C@@H](O)[C@H](O)[C@H]4O)c(NC(=O)CCNC(=O)CCN4C(=O)C=CC4=O)c3)c2n1C/C=C/Cn1c2nc(-c3cc(C)nn3CC)ncc2c2cc(C(N)=O)nc(C)c21. The number of oxazole rings is 1. The van der Waals surface area contributed by atoms with Gasteiger partial charge in [-0.25, -0.2) is 34.5 Å². The van der Waals surface area contributed by atoms with Crippen LogP contribution in [0, 0.1) is 20.8 Å². The number of carboxylic acid groups (broad SMARTS) is 1. The molecular formula is C64H70N16O18. The minimum absolute atomic E-state index is 0.0257. The fraction of sp³-hybridized carbons (Fsp3) is 0.359. The number of imidazole rings is 1. The number of pyridine rings is 1. The van der Waals surface area contributed by atoms with Crippen LogP contribution in [0.5, 0.6) is 11.5 Å². The summed E-state index contributed by atoms with van der Waals surface area (Å²) >= 11 is 0. The van der Waals surface area contributed by atoms with Gasteiger partial charge >= 0.3 is 12.1 Å². The number of aryl methyl sites for hydroxylation is 5. The highest BCUT2D eigenvalue weighted by atomic mass is 16.7. The first-order valence-corrected chi connectivity index (χ1v) is 30.9. The van der Waals surface area contributed by atoms with Gasteiger partial charge in [-0.1, -0.05) is 25.1 Å². The van der Waals surface area contributed by atoms with Gasteiger partial charge < -0.3 is 79.9 Å². The third kappa shape index (κ3) is 15.1. The molecule has 1 saturated heterocycles. The second-order valence-corrected chi connectivity index (χ2v) is 22.8. The van der Waals surface area contributed by atoms with Gasteiger partial charge in [0.25, 0.3) is 23.6 Å². The van der Waals surface area contributed by atoms with E-state index >= 15 is 0 Å². The lowest BCUT2D eigenvalue weighted by Crippen LogP contribution is -2.61. The molecule has 0 unspecified atom stereocenters. The molecule has 11 N–H and O–H groups in total. The number of ether oxygens (including phenoxy) is 4. The molecule has 0 radical (unpaired) electrons. The van der Waals surface area contributed by atoms with E-state index in [-0.39, 0.29) is 116 Å². The number of carbonyl (C=O) groups is 9. The number of anilines is 2. The molecule has 0 bridgehead atoms. The highest BCUT2D eigenvalue weighted by Gasteiger charge is 2.48. The van der Waals surface area contributed by atoms with Crippen molar-refractivity contribution in [2.24, 2.45) is 11.5 Å². The molecule has 34 heteroatoms. The lowest BCUT2D eigenvalue weighted by Gasteiger charge is -2.38. The molecular weight excluding hydrogens is 1280 g/mol. The Morgan fingerprint density at radius 1 is 0.806 bits per heavy atom. The Hall–Kier alpha value is -11.5. The molecule has 8 heterocycles. The Bertz CT molecular complexity index is 4530. The zero-order valence-electron chi connectivity index (χ0n) is 53.9. The van der Waals surface area contributed by atoms with Crippen molar-refractivity contribution < 1.29 is 86.9 Å². The van der Waals surface area contributed by atoms with Gasteiger partial charge in [0, 0.05) is 101 Å². The van der Waals surface area contributed by atoms with E-state index in [1.54, 1.807) is 35.4 Å². The number of aliphatic carboxylic acids is 1. The number of primary amides is 2. The topological polar surface area (TPSA) is 471 Å². The number of carboxylic acids is 1. The van der Waals surface area contributed by atoms with Gasteiger partial charge in [-0.2, -0.15) is 5.10 Å². The Labute approximate surface area is 556 Å². The number of nitrogens with one attached hydrogen (secondary N) is 3. The summed E-state index contributed by atoms with van der Waals surface area (Å²) in [6.07, 6.45) is -3.23. The van der Waals surface area contributed by atoms with Gasteiger partial charge in [0.1, 0.15) is 59.0 Å². The predicted octanol–water partition coefficient (Wildman–Crippen LogP) is 2.46. The number of hydrogen-bond acceptors (Lipinski definition) is 23. The van der Waals surface area contributed by atoms with Crippen molar-refractivity contribution in [1.82, 2.24) is 59.0 Å². The average molecular weight is 1350 g/mol. The van der Waals surface area contributed by atoms with Crippen molar-refractivity contribution in [2.45, 2.75) is 117 Å². The van der Waals surface area contributed by atoms with Crippen LogP contribution in [0.2, 0.25) is 0 Å². The van der Waals surface area contributed by atoms with E-state index in [0.717, 1.165) is 22.7 Å². The van der Waals surface area contributed by atoms with Crippen LogP contribution >= 0.6 is 0 Å². The number of carbonyl (C=O) groups excluding carboxylic acids is 8. The summed E-state index contributed by atoms with van der Waals surface area (Å²) in [6.45, 7) is 9.03. The van der Waals surface area contributed by atoms with Gasteiger partial charge in [-0.3, -0.25) is 48.5 Å². The number of imide groups is 1. The second kappa shape index (κ2) is 29.7. The minimum atomic E-state index is -2.03. The van der Waals surface area contributed by atoms with Crippen molar-refractivity contribution in [3.63, 3.8) is 0 Å². The summed E-state index contributed by atoms with van der Waals surface area (Å²) in [7, 11) is 1.46. The normalized spacial score (nSPS) is 16.9. The molecule has 98 heavy (non-hydrogen) atoms. The number of aromatic nitrogens is 9. The summed E-state index contributed by atoms with van der Waals surface area (Å²) < 4.78 is 34.2. The smallest absolute Gasteiger partial charge is 0.409 e. The number of aliphatic hydroxyl groups excluding tert-OH is 3. The number of nitrogens with two attached hydrogens (primary N) is 2. The largest absolute Gasteiger partial charge is 0.491 e. The van der Waals surface area contributed by atoms with Crippen LogP contribution < -0.4 is 36.9 Å². The summed E-state index contributed by atoms with van der Waals surface area (Å²) in [5.74, 6) is -5.65. The molecule has 34 nitrogen and oxygen atoms in total. The third-order valence-electron chi connectivity index (χ3n) is 15.9. The monoisotopic (exact) mass is 1350 g/mol. The second-order valence-electron chi connectivity index (χ2n) is 22.8. The number of allylic oxidation sites excluding steroid dienone is 2. The van der Waals surface area contributed by atoms with Crippen molar-refractivity contribution in [1.29, 1.82) is 0 Å². The predicted molar refractivity (Wildman–Crippen MR) is 345 cm³/mol. The maximum absolute atomic E-state index is 14.0. The van der Waals surface area contributed by atoms with Gasteiger partial charge in [-0.15, -0.1) is 0 Å². The van der Waals surface area contributed by atoms with Crippen molar-refractivity contribution in [2.75, 3.05) is 43.9 Å². The number of hydrogen-bond donors (Lipinski definition) is 9. The minimum Gasteiger partial charge on any atom is -0.491 e. The number of fused-ring (bicyclic) bond motifs is 4. The van der Waals surface area contributed by atoms with E-state index in [1.807, 2.05) is 43.6 Å². The number of amides is 8. The van der Waals surface area contributed by atoms with E-state index in [4.69, 9.17) is 49.8 Å². The van der Waals surface area contributed by atoms with Crippen molar-refractivity contribution in [3.8, 4) is 23.0 Å². The molecule has 2 aliphatic heterocycles. The molecule has 0 spiro atoms. The zero-order chi connectivity index (χ0) is 70.4. The molecule has 8 amide bonds. The maximum Gasteiger partial charge on any atom is 0.409 e. The van der Waals surface area contributed by atoms with E-state index in [9.17, 15) is 63.6 Å². The molecule has 8 aromatic rings. The third-order valence-corrected chi connectivity index (χ3v) is 15.9. The maximum atomic E-state index is 14.0. The molecule has 0 aliphatic carbocycles. The molecule has 5 atom stereocenters. The lowest BCUT2D eigenvalue weighted by atomic mass is 9.99. The number of benzene rings is 2. The molecule has 10 rings (SSSR count). The number of rotatable bonds is 28. The van der Waals surface area contributed by atoms with Crippen molar-refractivity contribution >= 4 is 98.0 Å². The van der Waals surface area contributed by atoms with Gasteiger partial charge in [-0.05, 0) is 75.6 Å². The fourth-order valence-corrected chi connectivity index (χ4v) is 11.1. The highest BCUT2D eigenvalue weighted by Crippen LogP contribution is 2.35. The first-order chi connectivity index (χ1) is 46.8. The van der Waals surface area contributed by atoms with E-state index in [2.05, 4.69) is 31.0 Å². The fourth-order valence-electron chi connectivity index (χ4n) is 11.1. The first-order valence-electron chi connectivity index (χ1n) is 30.9. The Kier molecular flexibility index (Phi) is 21.0. The van der Waals surface area contributed by atoms with Crippen LogP contribution in [0.4, 0.5) is 16.4 Å². The Morgan fingerprint density at radius 2 is 1.55 bits per heavy atom. The summed E-state index contributed by atoms with van der Waals surface area (Å²) in [6, 6.07) is 10.4. The van der Waals surface area contributed by atoms with Crippen LogP contribution in [-0.4, -0.2) is 191 Å². The number of nitrogens with zero attached hydrogens (tertiary/aromatic N) is 11. The molecule has 6 aromatic heterocycles. The molecule has 0 saturated carbocycles. The van der Waals surface area contributed by atoms with Crippen molar-refractivity contribution in [3.05, 3.63) is 119 Å². The van der Waals surface area contributed by atoms with Crippen LogP contribution in [0.15, 0.2) is 77.4 Å². The standard InChI is InChI=1S/C64H70N16O18/c1-7-38-54(96-33(5)70-38)60(90)74-63-72-40-26-35(56(65)88)27-44(50(40)79(63)21-10-9-20-78-49-32(4)69-41(57(66)89)28-36(49)37-29-68-58(73-59(37)78)42-24-31(3)75-80(42)8-2)94-23-11-19-76(6)64(93)95-30-34-12-13-43(97-62-53(87)51(85)52(86)55(98-62)61(91)92)39(25-34)71-46(82)16-18-67-45(81)17-22-77-47(83)14-15-48(77)84/h9-10,12-15,24-29,51-53,55,62,85-87H,7-8,11,16-23,30H2,1-6H3,(H2,65,88)(H2,66,89)(H,67,81)(H,71,82)(H,91,92)(H,72,74,90)/b10-9+/t51-,52-,53+,55-,62+/m0/s1. The molecule has 1 fully saturated rings. The summed E-state index contributed by atoms with van der Waals surface area (Å²) in [4.78, 5) is 140. The average Bonchev–Trinajstić information content (AvgIpc) is 1.57. The quantitative estimate of drug-likeness (QED) is 0.0193. The molecule has 2 aromatic carbocycles. The van der Waals surface area contributed by atoms with E-state index in [1.165, 1.54) is 42.3 Å². The van der Waals surface area contributed by atoms with Crippen LogP contribution in [-0.2, 0) is 66.1 Å². The lowest BCUT2D eigenvalue weighted by molar-refractivity contribution is -0.271. The molecule has 514 valence electrons. The summed E-state index contributed by atoms with van der Waals surface area (Å²) in [5, 5.41) is 54.9. The Balaban J connectivity index is 0.853. The van der Waals surface area contributed by atoms with Gasteiger partial charge in [0.2, 0.25) is 35.7 Å².